The fourth-order valence-corrected chi connectivity index (χ4v) is 5.03. The molecule has 0 aromatic carbocycles. The van der Waals surface area contributed by atoms with Crippen molar-refractivity contribution in [2.45, 2.75) is 52.0 Å². The molecule has 1 aliphatic rings. The maximum absolute atomic E-state index is 12.9. The molecule has 1 amide bonds. The highest BCUT2D eigenvalue weighted by Gasteiger charge is 2.39. The van der Waals surface area contributed by atoms with Gasteiger partial charge in [-0.25, -0.2) is 8.42 Å². The topological polar surface area (TPSA) is 122 Å². The van der Waals surface area contributed by atoms with Gasteiger partial charge in [-0.15, -0.1) is 0 Å². The number of sulfonamides is 1. The number of aromatic nitrogens is 1. The number of amides is 1. The van der Waals surface area contributed by atoms with Gasteiger partial charge in [-0.1, -0.05) is 19.0 Å². The zero-order chi connectivity index (χ0) is 22.7. The summed E-state index contributed by atoms with van der Waals surface area (Å²) in [5, 5.41) is 6.76. The molecule has 0 saturated carbocycles. The van der Waals surface area contributed by atoms with Crippen LogP contribution in [0.4, 0.5) is 0 Å². The summed E-state index contributed by atoms with van der Waals surface area (Å²) in [6.07, 6.45) is 0. The molecule has 2 heterocycles. The highest BCUT2D eigenvalue weighted by Crippen LogP contribution is 2.24. The molecule has 1 saturated heterocycles. The van der Waals surface area contributed by atoms with Crippen molar-refractivity contribution in [2.75, 3.05) is 39.3 Å². The van der Waals surface area contributed by atoms with E-state index in [2.05, 4.69) is 10.5 Å². The number of aryl methyl sites for hydroxylation is 2. The number of ether oxygens (including phenoxy) is 1. The van der Waals surface area contributed by atoms with E-state index in [4.69, 9.17) is 9.26 Å². The van der Waals surface area contributed by atoms with Crippen LogP contribution < -0.4 is 5.32 Å². The molecule has 2 rings (SSSR count). The molecule has 0 spiro atoms. The Morgan fingerprint density at radius 1 is 1.23 bits per heavy atom. The van der Waals surface area contributed by atoms with Crippen molar-refractivity contribution in [3.63, 3.8) is 0 Å². The van der Waals surface area contributed by atoms with Crippen LogP contribution in [-0.4, -0.2) is 79.5 Å². The molecular formula is C19H32N4O6S. The Morgan fingerprint density at radius 2 is 1.83 bits per heavy atom. The maximum atomic E-state index is 12.9. The Kier molecular flexibility index (Phi) is 7.64. The molecule has 1 aromatic heterocycles. The second kappa shape index (κ2) is 9.44. The Morgan fingerprint density at radius 3 is 2.30 bits per heavy atom. The van der Waals surface area contributed by atoms with Gasteiger partial charge in [0.2, 0.25) is 15.9 Å². The number of carbonyl (C=O) groups is 2. The molecule has 0 aliphatic carbocycles. The van der Waals surface area contributed by atoms with E-state index in [0.717, 1.165) is 0 Å². The molecule has 10 nitrogen and oxygen atoms in total. The predicted octanol–water partition coefficient (Wildman–Crippen LogP) is 0.692. The summed E-state index contributed by atoms with van der Waals surface area (Å²) in [5.41, 5.74) is -0.665. The number of esters is 1. The highest BCUT2D eigenvalue weighted by molar-refractivity contribution is 7.89. The Hall–Kier alpha value is -1.98. The van der Waals surface area contributed by atoms with E-state index in [1.54, 1.807) is 32.6 Å². The van der Waals surface area contributed by atoms with Gasteiger partial charge in [0.05, 0.1) is 13.2 Å². The number of hydrogen-bond donors (Lipinski definition) is 1. The van der Waals surface area contributed by atoms with Crippen molar-refractivity contribution in [1.82, 2.24) is 19.7 Å². The fourth-order valence-electron chi connectivity index (χ4n) is 3.31. The van der Waals surface area contributed by atoms with E-state index in [0.29, 0.717) is 5.69 Å². The van der Waals surface area contributed by atoms with Crippen LogP contribution in [0, 0.1) is 19.8 Å². The average Bonchev–Trinajstić information content (AvgIpc) is 3.04. The molecule has 170 valence electrons. The lowest BCUT2D eigenvalue weighted by Crippen LogP contribution is -2.58. The van der Waals surface area contributed by atoms with Gasteiger partial charge < -0.3 is 14.2 Å². The van der Waals surface area contributed by atoms with E-state index >= 15 is 0 Å². The molecule has 0 bridgehead atoms. The molecule has 0 unspecified atom stereocenters. The van der Waals surface area contributed by atoms with Crippen molar-refractivity contribution in [1.29, 1.82) is 0 Å². The zero-order valence-electron chi connectivity index (χ0n) is 18.5. The molecule has 11 heteroatoms. The number of piperazine rings is 1. The summed E-state index contributed by atoms with van der Waals surface area (Å²) in [6, 6.07) is 0. The average molecular weight is 445 g/mol. The minimum absolute atomic E-state index is 0.0376. The summed E-state index contributed by atoms with van der Waals surface area (Å²) in [4.78, 5) is 26.7. The van der Waals surface area contributed by atoms with Gasteiger partial charge in [-0.3, -0.25) is 14.9 Å². The maximum Gasteiger partial charge on any atom is 0.326 e. The van der Waals surface area contributed by atoms with Crippen LogP contribution in [0.5, 0.6) is 0 Å². The summed E-state index contributed by atoms with van der Waals surface area (Å²) >= 11 is 0. The number of nitrogens with zero attached hydrogens (tertiary/aromatic N) is 3. The standard InChI is InChI=1S/C19H32N4O6S/c1-7-28-18(25)19(6,13(2)3)20-12-16(24)22-8-10-23(11-9-22)30(26,27)17-14(4)21-29-15(17)5/h13,20H,7-12H2,1-6H3/t19-/m1/s1. The van der Waals surface area contributed by atoms with Gasteiger partial charge in [0.15, 0.2) is 5.76 Å². The largest absolute Gasteiger partial charge is 0.465 e. The highest BCUT2D eigenvalue weighted by atomic mass is 32.2. The second-order valence-electron chi connectivity index (χ2n) is 7.87. The van der Waals surface area contributed by atoms with Crippen LogP contribution in [0.2, 0.25) is 0 Å². The minimum Gasteiger partial charge on any atom is -0.465 e. The van der Waals surface area contributed by atoms with Crippen molar-refractivity contribution in [2.24, 2.45) is 5.92 Å². The molecule has 1 fully saturated rings. The molecule has 1 atom stereocenters. The third-order valence-electron chi connectivity index (χ3n) is 5.62. The predicted molar refractivity (Wildman–Crippen MR) is 109 cm³/mol. The van der Waals surface area contributed by atoms with Gasteiger partial charge in [-0.05, 0) is 33.6 Å². The smallest absolute Gasteiger partial charge is 0.326 e. The number of carbonyl (C=O) groups excluding carboxylic acids is 2. The first kappa shape index (κ1) is 24.3. The van der Waals surface area contributed by atoms with E-state index in [9.17, 15) is 18.0 Å². The van der Waals surface area contributed by atoms with E-state index < -0.39 is 21.5 Å². The molecule has 1 N–H and O–H groups in total. The van der Waals surface area contributed by atoms with E-state index in [1.807, 2.05) is 13.8 Å². The first-order valence-corrected chi connectivity index (χ1v) is 11.5. The van der Waals surface area contributed by atoms with Crippen LogP contribution in [0.3, 0.4) is 0 Å². The van der Waals surface area contributed by atoms with Gasteiger partial charge in [0.1, 0.15) is 16.1 Å². The fraction of sp³-hybridized carbons (Fsp3) is 0.737. The van der Waals surface area contributed by atoms with Gasteiger partial charge in [0.25, 0.3) is 0 Å². The Balaban J connectivity index is 1.98. The summed E-state index contributed by atoms with van der Waals surface area (Å²) in [7, 11) is -3.73. The van der Waals surface area contributed by atoms with Gasteiger partial charge >= 0.3 is 5.97 Å². The molecule has 0 radical (unpaired) electrons. The SMILES string of the molecule is CCOC(=O)[C@](C)(NCC(=O)N1CCN(S(=O)(=O)c2c(C)noc2C)CC1)C(C)C. The van der Waals surface area contributed by atoms with Crippen LogP contribution >= 0.6 is 0 Å². The summed E-state index contributed by atoms with van der Waals surface area (Å²) in [5.74, 6) is -0.424. The number of hydrogen-bond acceptors (Lipinski definition) is 8. The van der Waals surface area contributed by atoms with Gasteiger partial charge in [0, 0.05) is 26.2 Å². The molecule has 1 aliphatic heterocycles. The first-order chi connectivity index (χ1) is 13.9. The van der Waals surface area contributed by atoms with Crippen molar-refractivity contribution < 1.29 is 27.3 Å². The lowest BCUT2D eigenvalue weighted by atomic mass is 9.88. The van der Waals surface area contributed by atoms with Crippen LogP contribution in [0.25, 0.3) is 0 Å². The molecule has 30 heavy (non-hydrogen) atoms. The minimum atomic E-state index is -3.73. The summed E-state index contributed by atoms with van der Waals surface area (Å²) in [6.45, 7) is 11.5. The molecule has 1 aromatic rings. The molecular weight excluding hydrogens is 412 g/mol. The van der Waals surface area contributed by atoms with Crippen LogP contribution in [-0.2, 0) is 24.3 Å². The van der Waals surface area contributed by atoms with Crippen molar-refractivity contribution in [3.05, 3.63) is 11.5 Å². The first-order valence-electron chi connectivity index (χ1n) is 10.1. The van der Waals surface area contributed by atoms with E-state index in [1.165, 1.54) is 4.31 Å². The van der Waals surface area contributed by atoms with Crippen molar-refractivity contribution in [3.8, 4) is 0 Å². The second-order valence-corrected chi connectivity index (χ2v) is 9.74. The van der Waals surface area contributed by atoms with Crippen LogP contribution in [0.15, 0.2) is 9.42 Å². The normalized spacial score (nSPS) is 17.8. The van der Waals surface area contributed by atoms with Gasteiger partial charge in [-0.2, -0.15) is 4.31 Å². The lowest BCUT2D eigenvalue weighted by Gasteiger charge is -2.36. The Labute approximate surface area is 177 Å². The summed E-state index contributed by atoms with van der Waals surface area (Å²) < 4.78 is 37.3. The van der Waals surface area contributed by atoms with E-state index in [-0.39, 0.29) is 61.8 Å². The zero-order valence-corrected chi connectivity index (χ0v) is 19.3. The lowest BCUT2D eigenvalue weighted by molar-refractivity contribution is -0.152. The van der Waals surface area contributed by atoms with Crippen molar-refractivity contribution >= 4 is 21.9 Å². The number of rotatable bonds is 8. The quantitative estimate of drug-likeness (QED) is 0.581. The third-order valence-corrected chi connectivity index (χ3v) is 7.76. The Bertz CT molecular complexity index is 854. The number of nitrogens with one attached hydrogen (secondary N) is 1. The third kappa shape index (κ3) is 4.84. The van der Waals surface area contributed by atoms with Crippen LogP contribution in [0.1, 0.15) is 39.1 Å². The monoisotopic (exact) mass is 444 g/mol.